The maximum absolute atomic E-state index is 13.9. The van der Waals surface area contributed by atoms with Crippen LogP contribution in [0.1, 0.15) is 49.9 Å². The van der Waals surface area contributed by atoms with Crippen LogP contribution in [0.4, 0.5) is 14.5 Å². The number of carbonyl (C=O) groups excluding carboxylic acids is 1. The topological polar surface area (TPSA) is 82.6 Å². The average molecular weight is 538 g/mol. The van der Waals surface area contributed by atoms with Crippen molar-refractivity contribution in [2.45, 2.75) is 63.8 Å². The molecular formula is C31H37F2N3O3. The highest BCUT2D eigenvalue weighted by Crippen LogP contribution is 2.34. The monoisotopic (exact) mass is 537 g/mol. The molecule has 4 N–H and O–H groups in total. The molecule has 0 aromatic heterocycles. The second-order valence-corrected chi connectivity index (χ2v) is 11.0. The van der Waals surface area contributed by atoms with E-state index >= 15 is 0 Å². The van der Waals surface area contributed by atoms with Gasteiger partial charge in [0.2, 0.25) is 5.91 Å². The molecule has 1 aliphatic rings. The smallest absolute Gasteiger partial charge is 0.224 e. The van der Waals surface area contributed by atoms with E-state index in [0.29, 0.717) is 5.56 Å². The summed E-state index contributed by atoms with van der Waals surface area (Å²) in [5.41, 5.74) is 2.88. The first kappa shape index (κ1) is 28.5. The van der Waals surface area contributed by atoms with E-state index in [1.807, 2.05) is 69.3 Å². The number of hydrogen-bond donors (Lipinski definition) is 4. The van der Waals surface area contributed by atoms with Crippen molar-refractivity contribution in [3.63, 3.8) is 0 Å². The highest BCUT2D eigenvalue weighted by atomic mass is 19.1. The highest BCUT2D eigenvalue weighted by molar-refractivity contribution is 5.79. The van der Waals surface area contributed by atoms with Gasteiger partial charge in [0.1, 0.15) is 23.0 Å². The van der Waals surface area contributed by atoms with Gasteiger partial charge in [-0.05, 0) is 80.6 Å². The van der Waals surface area contributed by atoms with Gasteiger partial charge in [-0.3, -0.25) is 4.79 Å². The van der Waals surface area contributed by atoms with Gasteiger partial charge in [-0.2, -0.15) is 0 Å². The average Bonchev–Trinajstić information content (AvgIpc) is 2.86. The van der Waals surface area contributed by atoms with Crippen LogP contribution in [0.25, 0.3) is 0 Å². The van der Waals surface area contributed by atoms with E-state index in [-0.39, 0.29) is 36.9 Å². The molecule has 4 rings (SSSR count). The van der Waals surface area contributed by atoms with Crippen molar-refractivity contribution >= 4 is 11.6 Å². The lowest BCUT2D eigenvalue weighted by Gasteiger charge is -2.31. The molecule has 6 nitrogen and oxygen atoms in total. The summed E-state index contributed by atoms with van der Waals surface area (Å²) in [4.78, 5) is 12.9. The lowest BCUT2D eigenvalue weighted by Crippen LogP contribution is -2.49. The molecule has 8 heteroatoms. The van der Waals surface area contributed by atoms with Crippen molar-refractivity contribution in [3.8, 4) is 5.75 Å². The van der Waals surface area contributed by atoms with E-state index in [4.69, 9.17) is 4.74 Å². The molecule has 0 aliphatic carbocycles. The highest BCUT2D eigenvalue weighted by Gasteiger charge is 2.26. The van der Waals surface area contributed by atoms with E-state index in [2.05, 4.69) is 16.0 Å². The van der Waals surface area contributed by atoms with Gasteiger partial charge in [0.25, 0.3) is 0 Å². The van der Waals surface area contributed by atoms with Crippen LogP contribution < -0.4 is 20.7 Å². The van der Waals surface area contributed by atoms with E-state index < -0.39 is 23.8 Å². The summed E-state index contributed by atoms with van der Waals surface area (Å²) in [6.45, 7) is 6.91. The normalized spacial score (nSPS) is 16.5. The Balaban J connectivity index is 1.47. The number of anilines is 1. The molecule has 3 atom stereocenters. The number of hydrogen-bond acceptors (Lipinski definition) is 5. The molecular weight excluding hydrogens is 500 g/mol. The Morgan fingerprint density at radius 3 is 2.46 bits per heavy atom. The standard InChI is InChI=1S/C31H37F2N3O3/c1-31(2,3)39-24-9-10-26-25(18-24)27(11-12-34-26)35-19-29(37)28(15-21-13-22(32)17-23(33)14-21)36-30(38)16-20-7-5-4-6-8-20/h4-10,13-14,17-18,27-29,34-35,37H,11-12,15-16,19H2,1-3H3,(H,36,38)/t27-,28-,29-/m0/s1. The van der Waals surface area contributed by atoms with E-state index in [1.165, 1.54) is 12.1 Å². The quantitative estimate of drug-likeness (QED) is 0.295. The van der Waals surface area contributed by atoms with Crippen LogP contribution in [0, 0.1) is 11.6 Å². The number of ether oxygens (including phenoxy) is 1. The fraction of sp³-hybridized carbons (Fsp3) is 0.387. The van der Waals surface area contributed by atoms with Crippen LogP contribution in [0.2, 0.25) is 0 Å². The van der Waals surface area contributed by atoms with E-state index in [0.717, 1.165) is 41.6 Å². The van der Waals surface area contributed by atoms with Crippen LogP contribution in [0.15, 0.2) is 66.7 Å². The number of aliphatic hydroxyl groups is 1. The van der Waals surface area contributed by atoms with E-state index in [9.17, 15) is 18.7 Å². The molecule has 1 heterocycles. The van der Waals surface area contributed by atoms with Crippen LogP contribution in [0.3, 0.4) is 0 Å². The number of fused-ring (bicyclic) bond motifs is 1. The minimum absolute atomic E-state index is 0.0493. The summed E-state index contributed by atoms with van der Waals surface area (Å²) in [6.07, 6.45) is -0.0142. The molecule has 0 radical (unpaired) electrons. The summed E-state index contributed by atoms with van der Waals surface area (Å²) < 4.78 is 33.8. The zero-order valence-electron chi connectivity index (χ0n) is 22.6. The summed E-state index contributed by atoms with van der Waals surface area (Å²) in [5.74, 6) is -0.923. The molecule has 0 fully saturated rings. The fourth-order valence-corrected chi connectivity index (χ4v) is 4.84. The number of carbonyl (C=O) groups is 1. The molecule has 208 valence electrons. The van der Waals surface area contributed by atoms with Crippen molar-refractivity contribution in [1.82, 2.24) is 10.6 Å². The molecule has 0 unspecified atom stereocenters. The summed E-state index contributed by atoms with van der Waals surface area (Å²) in [6, 6.07) is 17.6. The van der Waals surface area contributed by atoms with Crippen LogP contribution in [-0.4, -0.2) is 41.9 Å². The number of aliphatic hydroxyl groups excluding tert-OH is 1. The number of benzene rings is 3. The van der Waals surface area contributed by atoms with Gasteiger partial charge in [0, 0.05) is 30.9 Å². The zero-order valence-corrected chi connectivity index (χ0v) is 22.6. The van der Waals surface area contributed by atoms with Gasteiger partial charge in [0.15, 0.2) is 0 Å². The lowest BCUT2D eigenvalue weighted by molar-refractivity contribution is -0.122. The number of nitrogens with one attached hydrogen (secondary N) is 3. The van der Waals surface area contributed by atoms with Crippen molar-refractivity contribution in [2.24, 2.45) is 0 Å². The Kier molecular flexibility index (Phi) is 9.20. The molecule has 0 saturated heterocycles. The van der Waals surface area contributed by atoms with Crippen LogP contribution in [0.5, 0.6) is 5.75 Å². The summed E-state index contributed by atoms with van der Waals surface area (Å²) >= 11 is 0. The Labute approximate surface area is 228 Å². The Hall–Kier alpha value is -3.49. The van der Waals surface area contributed by atoms with Gasteiger partial charge >= 0.3 is 0 Å². The number of amides is 1. The van der Waals surface area contributed by atoms with Gasteiger partial charge in [0.05, 0.1) is 18.6 Å². The van der Waals surface area contributed by atoms with Crippen molar-refractivity contribution in [1.29, 1.82) is 0 Å². The van der Waals surface area contributed by atoms with Crippen molar-refractivity contribution < 1.29 is 23.4 Å². The SMILES string of the molecule is CC(C)(C)Oc1ccc2c(c1)[C@@H](NC[C@H](O)[C@H](Cc1cc(F)cc(F)c1)NC(=O)Cc1ccccc1)CCN2. The van der Waals surface area contributed by atoms with Crippen molar-refractivity contribution in [2.75, 3.05) is 18.4 Å². The second-order valence-electron chi connectivity index (χ2n) is 11.0. The maximum Gasteiger partial charge on any atom is 0.224 e. The molecule has 1 aliphatic heterocycles. The predicted octanol–water partition coefficient (Wildman–Crippen LogP) is 4.92. The molecule has 1 amide bonds. The first-order valence-corrected chi connectivity index (χ1v) is 13.3. The molecule has 0 saturated carbocycles. The lowest BCUT2D eigenvalue weighted by atomic mass is 9.96. The Morgan fingerprint density at radius 1 is 1.05 bits per heavy atom. The van der Waals surface area contributed by atoms with Crippen LogP contribution in [-0.2, 0) is 17.6 Å². The first-order chi connectivity index (χ1) is 18.6. The third-order valence-electron chi connectivity index (χ3n) is 6.54. The predicted molar refractivity (Wildman–Crippen MR) is 149 cm³/mol. The van der Waals surface area contributed by atoms with E-state index in [1.54, 1.807) is 0 Å². The van der Waals surface area contributed by atoms with Gasteiger partial charge in [-0.1, -0.05) is 30.3 Å². The molecule has 3 aromatic carbocycles. The molecule has 0 bridgehead atoms. The zero-order chi connectivity index (χ0) is 28.0. The number of halogens is 2. The maximum atomic E-state index is 13.9. The fourth-order valence-electron chi connectivity index (χ4n) is 4.84. The summed E-state index contributed by atoms with van der Waals surface area (Å²) in [7, 11) is 0. The van der Waals surface area contributed by atoms with Gasteiger partial charge < -0.3 is 25.8 Å². The second kappa shape index (κ2) is 12.6. The Bertz CT molecular complexity index is 1240. The molecule has 3 aromatic rings. The summed E-state index contributed by atoms with van der Waals surface area (Å²) in [5, 5.41) is 20.9. The Morgan fingerprint density at radius 2 is 1.77 bits per heavy atom. The third-order valence-corrected chi connectivity index (χ3v) is 6.54. The molecule has 39 heavy (non-hydrogen) atoms. The largest absolute Gasteiger partial charge is 0.488 e. The van der Waals surface area contributed by atoms with Crippen LogP contribution >= 0.6 is 0 Å². The number of rotatable bonds is 10. The van der Waals surface area contributed by atoms with Crippen molar-refractivity contribution in [3.05, 3.63) is 95.1 Å². The minimum Gasteiger partial charge on any atom is -0.488 e. The molecule has 0 spiro atoms. The minimum atomic E-state index is -1.01. The third kappa shape index (κ3) is 8.50. The van der Waals surface area contributed by atoms with Gasteiger partial charge in [-0.25, -0.2) is 8.78 Å². The first-order valence-electron chi connectivity index (χ1n) is 13.3. The van der Waals surface area contributed by atoms with Gasteiger partial charge in [-0.15, -0.1) is 0 Å².